The maximum absolute atomic E-state index is 13.2. The first kappa shape index (κ1) is 26.0. The third kappa shape index (κ3) is 7.72. The SMILES string of the molecule is CC[C@@H](C(=O)NCC(C)C)N(Cc1ccc(Cl)c(Cl)c1)C(=O)COc1cc(C)cc(C)c1. The summed E-state index contributed by atoms with van der Waals surface area (Å²) >= 11 is 12.2. The van der Waals surface area contributed by atoms with Gasteiger partial charge in [0.1, 0.15) is 11.8 Å². The molecular weight excluding hydrogens is 447 g/mol. The largest absolute Gasteiger partial charge is 0.484 e. The fraction of sp³-hybridized carbons (Fsp3) is 0.440. The van der Waals surface area contributed by atoms with Gasteiger partial charge in [-0.2, -0.15) is 0 Å². The van der Waals surface area contributed by atoms with E-state index in [1.807, 2.05) is 52.8 Å². The first-order chi connectivity index (χ1) is 15.1. The molecule has 0 fully saturated rings. The van der Waals surface area contributed by atoms with E-state index in [1.54, 1.807) is 23.1 Å². The third-order valence-electron chi connectivity index (χ3n) is 4.96. The molecule has 7 heteroatoms. The molecule has 0 unspecified atom stereocenters. The summed E-state index contributed by atoms with van der Waals surface area (Å²) in [6.07, 6.45) is 0.473. The van der Waals surface area contributed by atoms with Gasteiger partial charge in [-0.25, -0.2) is 0 Å². The predicted molar refractivity (Wildman–Crippen MR) is 130 cm³/mol. The summed E-state index contributed by atoms with van der Waals surface area (Å²) in [7, 11) is 0. The van der Waals surface area contributed by atoms with Crippen molar-refractivity contribution in [1.82, 2.24) is 10.2 Å². The molecule has 2 amide bonds. The second-order valence-electron chi connectivity index (χ2n) is 8.45. The molecular formula is C25H32Cl2N2O3. The molecule has 0 bridgehead atoms. The van der Waals surface area contributed by atoms with Crippen molar-refractivity contribution in [2.75, 3.05) is 13.2 Å². The van der Waals surface area contributed by atoms with Crippen LogP contribution in [0, 0.1) is 19.8 Å². The van der Waals surface area contributed by atoms with Crippen LogP contribution < -0.4 is 10.1 Å². The van der Waals surface area contributed by atoms with Crippen LogP contribution in [-0.2, 0) is 16.1 Å². The molecule has 1 N–H and O–H groups in total. The highest BCUT2D eigenvalue weighted by molar-refractivity contribution is 6.42. The number of hydrogen-bond donors (Lipinski definition) is 1. The van der Waals surface area contributed by atoms with Gasteiger partial charge in [0.05, 0.1) is 10.0 Å². The quantitative estimate of drug-likeness (QED) is 0.485. The molecule has 0 heterocycles. The molecule has 2 aromatic carbocycles. The second-order valence-corrected chi connectivity index (χ2v) is 9.26. The molecule has 2 aromatic rings. The van der Waals surface area contributed by atoms with E-state index >= 15 is 0 Å². The molecule has 0 aromatic heterocycles. The summed E-state index contributed by atoms with van der Waals surface area (Å²) in [6.45, 7) is 10.5. The Morgan fingerprint density at radius 1 is 1.03 bits per heavy atom. The molecule has 32 heavy (non-hydrogen) atoms. The van der Waals surface area contributed by atoms with Gasteiger partial charge in [-0.05, 0) is 67.1 Å². The molecule has 0 saturated carbocycles. The zero-order valence-corrected chi connectivity index (χ0v) is 20.9. The van der Waals surface area contributed by atoms with Crippen LogP contribution in [0.5, 0.6) is 5.75 Å². The van der Waals surface area contributed by atoms with E-state index in [1.165, 1.54) is 0 Å². The lowest BCUT2D eigenvalue weighted by atomic mass is 10.1. The monoisotopic (exact) mass is 478 g/mol. The molecule has 0 aliphatic rings. The van der Waals surface area contributed by atoms with Crippen LogP contribution in [0.3, 0.4) is 0 Å². The van der Waals surface area contributed by atoms with E-state index in [2.05, 4.69) is 5.32 Å². The topological polar surface area (TPSA) is 58.6 Å². The van der Waals surface area contributed by atoms with Crippen LogP contribution in [0.1, 0.15) is 43.9 Å². The van der Waals surface area contributed by atoms with Crippen molar-refractivity contribution in [3.8, 4) is 5.75 Å². The smallest absolute Gasteiger partial charge is 0.261 e. The van der Waals surface area contributed by atoms with Crippen LogP contribution in [0.4, 0.5) is 0 Å². The van der Waals surface area contributed by atoms with E-state index in [0.29, 0.717) is 34.7 Å². The Kier molecular flexibility index (Phi) is 9.85. The average molecular weight is 479 g/mol. The number of nitrogens with one attached hydrogen (secondary N) is 1. The Morgan fingerprint density at radius 3 is 2.25 bits per heavy atom. The standard InChI is InChI=1S/C25H32Cl2N2O3/c1-6-23(25(31)28-13-16(2)3)29(14-19-7-8-21(26)22(27)12-19)24(30)15-32-20-10-17(4)9-18(5)11-20/h7-12,16,23H,6,13-15H2,1-5H3,(H,28,31)/t23-/m0/s1. The fourth-order valence-electron chi connectivity index (χ4n) is 3.42. The Bertz CT molecular complexity index is 927. The third-order valence-corrected chi connectivity index (χ3v) is 5.70. The number of rotatable bonds is 10. The van der Waals surface area contributed by atoms with E-state index in [-0.39, 0.29) is 25.0 Å². The molecule has 0 spiro atoms. The van der Waals surface area contributed by atoms with Gasteiger partial charge >= 0.3 is 0 Å². The molecule has 174 valence electrons. The van der Waals surface area contributed by atoms with Crippen molar-refractivity contribution in [3.05, 3.63) is 63.1 Å². The Labute approximate surface area is 201 Å². The molecule has 0 aliphatic heterocycles. The molecule has 2 rings (SSSR count). The number of carbonyl (C=O) groups is 2. The lowest BCUT2D eigenvalue weighted by Gasteiger charge is -2.31. The highest BCUT2D eigenvalue weighted by atomic mass is 35.5. The Hall–Kier alpha value is -2.24. The summed E-state index contributed by atoms with van der Waals surface area (Å²) in [5.41, 5.74) is 2.90. The minimum absolute atomic E-state index is 0.168. The normalized spacial score (nSPS) is 11.9. The van der Waals surface area contributed by atoms with Crippen LogP contribution in [0.2, 0.25) is 10.0 Å². The van der Waals surface area contributed by atoms with Gasteiger partial charge in [0.2, 0.25) is 5.91 Å². The van der Waals surface area contributed by atoms with E-state index in [4.69, 9.17) is 27.9 Å². The zero-order chi connectivity index (χ0) is 23.8. The fourth-order valence-corrected chi connectivity index (χ4v) is 3.74. The molecule has 0 radical (unpaired) electrons. The number of nitrogens with zero attached hydrogens (tertiary/aromatic N) is 1. The predicted octanol–water partition coefficient (Wildman–Crippen LogP) is 5.57. The van der Waals surface area contributed by atoms with Gasteiger partial charge in [-0.15, -0.1) is 0 Å². The lowest BCUT2D eigenvalue weighted by Crippen LogP contribution is -2.50. The second kappa shape index (κ2) is 12.1. The van der Waals surface area contributed by atoms with Crippen molar-refractivity contribution in [3.63, 3.8) is 0 Å². The average Bonchev–Trinajstić information content (AvgIpc) is 2.72. The summed E-state index contributed by atoms with van der Waals surface area (Å²) in [6, 6.07) is 10.4. The van der Waals surface area contributed by atoms with Crippen LogP contribution in [0.15, 0.2) is 36.4 Å². The van der Waals surface area contributed by atoms with E-state index in [0.717, 1.165) is 16.7 Å². The number of amides is 2. The first-order valence-electron chi connectivity index (χ1n) is 10.8. The van der Waals surface area contributed by atoms with Gasteiger partial charge < -0.3 is 15.0 Å². The molecule has 5 nitrogen and oxygen atoms in total. The van der Waals surface area contributed by atoms with E-state index in [9.17, 15) is 9.59 Å². The van der Waals surface area contributed by atoms with Crippen molar-refractivity contribution < 1.29 is 14.3 Å². The minimum atomic E-state index is -0.626. The maximum atomic E-state index is 13.2. The van der Waals surface area contributed by atoms with Crippen molar-refractivity contribution in [2.45, 2.75) is 53.6 Å². The zero-order valence-electron chi connectivity index (χ0n) is 19.4. The van der Waals surface area contributed by atoms with Crippen LogP contribution in [-0.4, -0.2) is 35.9 Å². The van der Waals surface area contributed by atoms with E-state index < -0.39 is 6.04 Å². The number of carbonyl (C=O) groups excluding carboxylic acids is 2. The Balaban J connectivity index is 2.24. The van der Waals surface area contributed by atoms with Gasteiger partial charge in [0.25, 0.3) is 5.91 Å². The molecule has 1 atom stereocenters. The van der Waals surface area contributed by atoms with Crippen LogP contribution in [0.25, 0.3) is 0 Å². The number of ether oxygens (including phenoxy) is 1. The highest BCUT2D eigenvalue weighted by Crippen LogP contribution is 2.24. The van der Waals surface area contributed by atoms with Gasteiger partial charge in [-0.1, -0.05) is 56.1 Å². The summed E-state index contributed by atoms with van der Waals surface area (Å²) in [5, 5.41) is 3.78. The van der Waals surface area contributed by atoms with Crippen molar-refractivity contribution >= 4 is 35.0 Å². The Morgan fingerprint density at radius 2 is 1.69 bits per heavy atom. The van der Waals surface area contributed by atoms with Gasteiger partial charge in [0, 0.05) is 13.1 Å². The number of aryl methyl sites for hydroxylation is 2. The number of hydrogen-bond acceptors (Lipinski definition) is 3. The molecule has 0 aliphatic carbocycles. The first-order valence-corrected chi connectivity index (χ1v) is 11.6. The minimum Gasteiger partial charge on any atom is -0.484 e. The lowest BCUT2D eigenvalue weighted by molar-refractivity contribution is -0.143. The van der Waals surface area contributed by atoms with Crippen molar-refractivity contribution in [1.29, 1.82) is 0 Å². The van der Waals surface area contributed by atoms with Crippen LogP contribution >= 0.6 is 23.2 Å². The molecule has 0 saturated heterocycles. The number of benzene rings is 2. The summed E-state index contributed by atoms with van der Waals surface area (Å²) in [4.78, 5) is 27.7. The number of halogens is 2. The van der Waals surface area contributed by atoms with Gasteiger partial charge in [0.15, 0.2) is 6.61 Å². The maximum Gasteiger partial charge on any atom is 0.261 e. The summed E-state index contributed by atoms with van der Waals surface area (Å²) in [5.74, 6) is 0.481. The van der Waals surface area contributed by atoms with Crippen molar-refractivity contribution in [2.24, 2.45) is 5.92 Å². The summed E-state index contributed by atoms with van der Waals surface area (Å²) < 4.78 is 5.79. The highest BCUT2D eigenvalue weighted by Gasteiger charge is 2.29. The van der Waals surface area contributed by atoms with Gasteiger partial charge in [-0.3, -0.25) is 9.59 Å².